The fourth-order valence-corrected chi connectivity index (χ4v) is 4.38. The van der Waals surface area contributed by atoms with Crippen LogP contribution in [-0.4, -0.2) is 25.4 Å². The third-order valence-corrected chi connectivity index (χ3v) is 5.47. The van der Waals surface area contributed by atoms with E-state index in [9.17, 15) is 18.7 Å². The number of hydrogen-bond donors (Lipinski definition) is 2. The van der Waals surface area contributed by atoms with Gasteiger partial charge in [-0.15, -0.1) is 0 Å². The number of hydrogen-bond acceptors (Lipinski definition) is 2. The van der Waals surface area contributed by atoms with E-state index in [1.54, 1.807) is 12.1 Å². The van der Waals surface area contributed by atoms with Crippen molar-refractivity contribution in [3.63, 3.8) is 0 Å². The highest BCUT2D eigenvalue weighted by atomic mass is 32.2. The molecule has 0 radical (unpaired) electrons. The van der Waals surface area contributed by atoms with Crippen LogP contribution in [0, 0.1) is 0 Å². The van der Waals surface area contributed by atoms with Gasteiger partial charge in [0.15, 0.2) is 5.54 Å². The number of rotatable bonds is 4. The van der Waals surface area contributed by atoms with Crippen molar-refractivity contribution in [2.24, 2.45) is 0 Å². The van der Waals surface area contributed by atoms with E-state index in [4.69, 9.17) is 0 Å². The minimum atomic E-state index is -2.42. The maximum Gasteiger partial charge on any atom is 0.330 e. The maximum absolute atomic E-state index is 12.1. The Balaban J connectivity index is 2.21. The van der Waals surface area contributed by atoms with Gasteiger partial charge in [0.1, 0.15) is 0 Å². The number of benzene rings is 2. The average Bonchev–Trinajstić information content (AvgIpc) is 2.56. The summed E-state index contributed by atoms with van der Waals surface area (Å²) in [5.74, 6) is -1.03. The van der Waals surface area contributed by atoms with E-state index in [1.165, 1.54) is 4.31 Å². The van der Waals surface area contributed by atoms with Gasteiger partial charge in [0.2, 0.25) is 0 Å². The normalized spacial score (nSPS) is 18.5. The van der Waals surface area contributed by atoms with Gasteiger partial charge < -0.3 is 5.11 Å². The summed E-state index contributed by atoms with van der Waals surface area (Å²) in [6.07, 6.45) is 3.18. The minimum Gasteiger partial charge on any atom is -0.479 e. The molecule has 0 heterocycles. The smallest absolute Gasteiger partial charge is 0.330 e. The Kier molecular flexibility index (Phi) is 4.37. The predicted molar refractivity (Wildman–Crippen MR) is 90.7 cm³/mol. The van der Waals surface area contributed by atoms with E-state index >= 15 is 0 Å². The van der Waals surface area contributed by atoms with E-state index in [2.05, 4.69) is 0 Å². The van der Waals surface area contributed by atoms with Crippen LogP contribution in [0.15, 0.2) is 42.5 Å². The van der Waals surface area contributed by atoms with Crippen molar-refractivity contribution in [1.29, 1.82) is 0 Å². The molecule has 23 heavy (non-hydrogen) atoms. The zero-order valence-electron chi connectivity index (χ0n) is 12.6. The van der Waals surface area contributed by atoms with Crippen molar-refractivity contribution in [2.75, 3.05) is 4.31 Å². The van der Waals surface area contributed by atoms with Crippen LogP contribution in [0.4, 0.5) is 5.69 Å². The molecule has 1 atom stereocenters. The molecular formula is C17H19NO4S. The monoisotopic (exact) mass is 333 g/mol. The van der Waals surface area contributed by atoms with Crippen molar-refractivity contribution in [3.8, 4) is 0 Å². The standard InChI is InChI=1S/C17H19NO4S/c19-16(20)17(11-4-1-5-12-17)18(23(21)22)15-10-6-8-13-7-2-3-9-14(13)15/h2-3,6-10H,1,4-5,11-12H2,(H,19,20)(H,21,22). The van der Waals surface area contributed by atoms with Gasteiger partial charge >= 0.3 is 5.97 Å². The van der Waals surface area contributed by atoms with E-state index in [-0.39, 0.29) is 0 Å². The molecule has 5 nitrogen and oxygen atoms in total. The van der Waals surface area contributed by atoms with Gasteiger partial charge in [-0.05, 0) is 24.3 Å². The van der Waals surface area contributed by atoms with Crippen molar-refractivity contribution in [2.45, 2.75) is 37.6 Å². The van der Waals surface area contributed by atoms with E-state index < -0.39 is 22.8 Å². The molecular weight excluding hydrogens is 314 g/mol. The zero-order chi connectivity index (χ0) is 16.4. The van der Waals surface area contributed by atoms with E-state index in [0.29, 0.717) is 18.5 Å². The maximum atomic E-state index is 12.1. The molecule has 0 aliphatic heterocycles. The molecule has 1 saturated carbocycles. The molecule has 0 amide bonds. The molecule has 6 heteroatoms. The topological polar surface area (TPSA) is 77.8 Å². The highest BCUT2D eigenvalue weighted by Crippen LogP contribution is 2.40. The Morgan fingerprint density at radius 2 is 1.70 bits per heavy atom. The van der Waals surface area contributed by atoms with E-state index in [1.807, 2.05) is 30.3 Å². The van der Waals surface area contributed by atoms with Crippen LogP contribution >= 0.6 is 0 Å². The lowest BCUT2D eigenvalue weighted by Gasteiger charge is -2.42. The fraction of sp³-hybridized carbons (Fsp3) is 0.353. The number of carbonyl (C=O) groups is 1. The molecule has 0 spiro atoms. The largest absolute Gasteiger partial charge is 0.479 e. The number of nitrogens with zero attached hydrogens (tertiary/aromatic N) is 1. The van der Waals surface area contributed by atoms with Gasteiger partial charge in [-0.2, -0.15) is 0 Å². The molecule has 122 valence electrons. The zero-order valence-corrected chi connectivity index (χ0v) is 13.5. The molecule has 2 aromatic carbocycles. The third kappa shape index (κ3) is 2.72. The first-order chi connectivity index (χ1) is 11.1. The molecule has 1 aliphatic carbocycles. The summed E-state index contributed by atoms with van der Waals surface area (Å²) in [6.45, 7) is 0. The van der Waals surface area contributed by atoms with Gasteiger partial charge in [-0.25, -0.2) is 9.00 Å². The van der Waals surface area contributed by atoms with Gasteiger partial charge in [-0.3, -0.25) is 8.86 Å². The number of aliphatic carboxylic acids is 1. The van der Waals surface area contributed by atoms with Crippen molar-refractivity contribution in [3.05, 3.63) is 42.5 Å². The van der Waals surface area contributed by atoms with Crippen LogP contribution in [-0.2, 0) is 16.1 Å². The second kappa shape index (κ2) is 6.29. The Labute approximate surface area is 137 Å². The van der Waals surface area contributed by atoms with Gasteiger partial charge in [0.25, 0.3) is 11.3 Å². The summed E-state index contributed by atoms with van der Waals surface area (Å²) in [4.78, 5) is 12.0. The van der Waals surface area contributed by atoms with Crippen LogP contribution in [0.5, 0.6) is 0 Å². The molecule has 2 N–H and O–H groups in total. The van der Waals surface area contributed by atoms with Crippen LogP contribution in [0.25, 0.3) is 10.8 Å². The summed E-state index contributed by atoms with van der Waals surface area (Å²) in [5, 5.41) is 11.5. The molecule has 0 aromatic heterocycles. The highest BCUT2D eigenvalue weighted by Gasteiger charge is 2.48. The Hall–Kier alpha value is -1.92. The Morgan fingerprint density at radius 1 is 1.04 bits per heavy atom. The third-order valence-electron chi connectivity index (χ3n) is 4.61. The molecule has 1 aliphatic rings. The Morgan fingerprint density at radius 3 is 2.35 bits per heavy atom. The molecule has 2 aromatic rings. The lowest BCUT2D eigenvalue weighted by Crippen LogP contribution is -2.56. The number of carboxylic acid groups (broad SMARTS) is 1. The first-order valence-electron chi connectivity index (χ1n) is 7.69. The van der Waals surface area contributed by atoms with E-state index in [0.717, 1.165) is 30.0 Å². The SMILES string of the molecule is O=C(O)C1(N(c2cccc3ccccc23)S(=O)O)CCCCC1. The summed E-state index contributed by atoms with van der Waals surface area (Å²) in [6, 6.07) is 12.9. The average molecular weight is 333 g/mol. The second-order valence-electron chi connectivity index (χ2n) is 5.92. The lowest BCUT2D eigenvalue weighted by atomic mass is 9.81. The highest BCUT2D eigenvalue weighted by molar-refractivity contribution is 7.80. The van der Waals surface area contributed by atoms with Gasteiger partial charge in [0, 0.05) is 5.39 Å². The summed E-state index contributed by atoms with van der Waals surface area (Å²) >= 11 is -2.42. The quantitative estimate of drug-likeness (QED) is 0.839. The minimum absolute atomic E-state index is 0.373. The number of fused-ring (bicyclic) bond motifs is 1. The first-order valence-corrected chi connectivity index (χ1v) is 8.75. The number of anilines is 1. The summed E-state index contributed by atoms with van der Waals surface area (Å²) < 4.78 is 23.2. The van der Waals surface area contributed by atoms with Crippen molar-refractivity contribution in [1.82, 2.24) is 0 Å². The van der Waals surface area contributed by atoms with Crippen LogP contribution < -0.4 is 4.31 Å². The van der Waals surface area contributed by atoms with Crippen molar-refractivity contribution >= 4 is 33.7 Å². The van der Waals surface area contributed by atoms with Crippen LogP contribution in [0.3, 0.4) is 0 Å². The number of carboxylic acids is 1. The summed E-state index contributed by atoms with van der Waals surface area (Å²) in [7, 11) is 0. The molecule has 0 bridgehead atoms. The fourth-order valence-electron chi connectivity index (χ4n) is 3.49. The van der Waals surface area contributed by atoms with Gasteiger partial charge in [0.05, 0.1) is 5.69 Å². The second-order valence-corrected chi connectivity index (χ2v) is 6.75. The first kappa shape index (κ1) is 16.0. The predicted octanol–water partition coefficient (Wildman–Crippen LogP) is 3.57. The molecule has 3 rings (SSSR count). The Bertz CT molecular complexity index is 750. The lowest BCUT2D eigenvalue weighted by molar-refractivity contribution is -0.144. The molecule has 1 unspecified atom stereocenters. The molecule has 0 saturated heterocycles. The van der Waals surface area contributed by atoms with Gasteiger partial charge in [-0.1, -0.05) is 55.7 Å². The molecule has 1 fully saturated rings. The van der Waals surface area contributed by atoms with Crippen LogP contribution in [0.2, 0.25) is 0 Å². The van der Waals surface area contributed by atoms with Crippen LogP contribution in [0.1, 0.15) is 32.1 Å². The summed E-state index contributed by atoms with van der Waals surface area (Å²) in [5.41, 5.74) is -0.838. The van der Waals surface area contributed by atoms with Crippen molar-refractivity contribution < 1.29 is 18.7 Å².